The third-order valence-electron chi connectivity index (χ3n) is 23.9. The number of benzene rings is 4. The fourth-order valence-corrected chi connectivity index (χ4v) is 17.8. The van der Waals surface area contributed by atoms with Gasteiger partial charge in [-0.05, 0) is 82.3 Å². The zero-order valence-electron chi connectivity index (χ0n) is 74.8. The second-order valence-electron chi connectivity index (χ2n) is 37.3. The zero-order chi connectivity index (χ0) is 94.1. The van der Waals surface area contributed by atoms with Crippen molar-refractivity contribution < 1.29 is 161 Å². The monoisotopic (exact) mass is 1850 g/mol. The number of aliphatic hydroxyl groups is 16. The van der Waals surface area contributed by atoms with Gasteiger partial charge in [0, 0.05) is 95.0 Å². The molecular formula is C93H128N7O30P+2. The number of quaternary nitrogens is 3. The highest BCUT2D eigenvalue weighted by Gasteiger charge is 2.50. The lowest BCUT2D eigenvalue weighted by atomic mass is 9.83. The van der Waals surface area contributed by atoms with E-state index in [-0.39, 0.29) is 26.4 Å². The summed E-state index contributed by atoms with van der Waals surface area (Å²) in [4.78, 5) is 29.8. The molecule has 21 unspecified atom stereocenters. The van der Waals surface area contributed by atoms with Crippen molar-refractivity contribution in [2.45, 2.75) is 149 Å². The van der Waals surface area contributed by atoms with Crippen LogP contribution in [-0.2, 0) is 87.2 Å². The molecule has 0 spiro atoms. The number of rotatable bonds is 40. The molecule has 0 radical (unpaired) electrons. The number of phosphoric acid groups is 1. The fourth-order valence-electron chi connectivity index (χ4n) is 17.1. The van der Waals surface area contributed by atoms with E-state index in [0.717, 1.165) is 127 Å². The molecule has 21 atom stereocenters. The molecule has 4 aromatic heterocycles. The summed E-state index contributed by atoms with van der Waals surface area (Å²) in [5.74, 6) is -4.62. The molecule has 5 aliphatic rings. The Bertz CT molecular complexity index is 5140. The predicted octanol–water partition coefficient (Wildman–Crippen LogP) is -3.93. The molecule has 0 saturated carbocycles. The molecule has 4 fully saturated rings. The first-order valence-corrected chi connectivity index (χ1v) is 45.3. The normalized spacial score (nSPS) is 28.2. The van der Waals surface area contributed by atoms with Gasteiger partial charge in [0.25, 0.3) is 7.82 Å². The molecule has 8 bridgehead atoms. The number of ether oxygens (including phenoxy) is 10. The number of nitrogens with zero attached hydrogens (tertiary/aromatic N) is 3. The van der Waals surface area contributed by atoms with Crippen molar-refractivity contribution in [2.75, 3.05) is 149 Å². The van der Waals surface area contributed by atoms with Gasteiger partial charge >= 0.3 is 0 Å². The van der Waals surface area contributed by atoms with E-state index in [1.54, 1.807) is 0 Å². The molecule has 13 rings (SSSR count). The van der Waals surface area contributed by atoms with Crippen molar-refractivity contribution in [1.82, 2.24) is 19.9 Å². The lowest BCUT2D eigenvalue weighted by Gasteiger charge is -2.43. The van der Waals surface area contributed by atoms with Crippen LogP contribution in [0.1, 0.15) is 67.3 Å². The number of nitrogens with one attached hydrogen (secondary N) is 4. The highest BCUT2D eigenvalue weighted by Crippen LogP contribution is 2.42. The molecule has 0 amide bonds. The van der Waals surface area contributed by atoms with Gasteiger partial charge in [0.05, 0.1) is 156 Å². The maximum absolute atomic E-state index is 14.1. The van der Waals surface area contributed by atoms with E-state index in [1.165, 1.54) is 16.7 Å². The average molecular weight is 1860 g/mol. The molecule has 37 nitrogen and oxygen atoms in total. The lowest BCUT2D eigenvalue weighted by Crippen LogP contribution is -2.60. The quantitative estimate of drug-likeness (QED) is 0.00991. The molecule has 38 heteroatoms. The van der Waals surface area contributed by atoms with E-state index < -0.39 is 214 Å². The minimum Gasteiger partial charge on any atom is -0.756 e. The largest absolute Gasteiger partial charge is 0.756 e. The van der Waals surface area contributed by atoms with Crippen LogP contribution >= 0.6 is 7.82 Å². The van der Waals surface area contributed by atoms with Crippen LogP contribution in [-0.4, -0.2) is 387 Å². The first-order chi connectivity index (χ1) is 62.3. The molecule has 4 saturated heterocycles. The predicted molar refractivity (Wildman–Crippen MR) is 468 cm³/mol. The summed E-state index contributed by atoms with van der Waals surface area (Å²) >= 11 is 0. The zero-order valence-corrected chi connectivity index (χ0v) is 75.7. The Balaban J connectivity index is 0.751. The topological polar surface area (TPSA) is 538 Å². The van der Waals surface area contributed by atoms with Gasteiger partial charge < -0.3 is 176 Å². The van der Waals surface area contributed by atoms with E-state index in [4.69, 9.17) is 56.4 Å². The van der Waals surface area contributed by atoms with Crippen molar-refractivity contribution in [1.29, 1.82) is 0 Å². The maximum atomic E-state index is 14.1. The number of phosphoric ester groups is 1. The number of hydrogen-bond donors (Lipinski definition) is 20. The Labute approximate surface area is 758 Å². The molecule has 8 aromatic rings. The smallest absolute Gasteiger partial charge is 0.267 e. The van der Waals surface area contributed by atoms with E-state index in [9.17, 15) is 91.2 Å². The van der Waals surface area contributed by atoms with Crippen molar-refractivity contribution >= 4 is 30.1 Å². The summed E-state index contributed by atoms with van der Waals surface area (Å²) in [6.45, 7) is -6.36. The van der Waals surface area contributed by atoms with Crippen LogP contribution in [0.2, 0.25) is 0 Å². The van der Waals surface area contributed by atoms with Crippen LogP contribution in [0.3, 0.4) is 0 Å². The molecule has 20 N–H and O–H groups in total. The summed E-state index contributed by atoms with van der Waals surface area (Å²) in [6, 6.07) is 51.5. The van der Waals surface area contributed by atoms with E-state index >= 15 is 0 Å². The second-order valence-corrected chi connectivity index (χ2v) is 38.7. The average Bonchev–Trinajstić information content (AvgIpc) is 1.61. The molecule has 131 heavy (non-hydrogen) atoms. The number of hydrogen-bond acceptors (Lipinski definition) is 30. The SMILES string of the molecule is C[N+](C)(C)Cc1ccc(C2=c3ccc([nH]3)=C(c3ccc(COCCOCCOP(=O)([O-])OCC(C(COC4OC(CO)C(O)C(O)C4O)COC4OC(CO)C(O)C(O)C4O)C(COC4OC(CO)C(O)C(O)C4O)COC4OC(CO)C(O)C(O)C4O)cc3)c3ccc([nH]3)C(c3ccc(C[N+](C)(C)C)cc3)=c3ccc([nH]3)=C(c3ccc(C[N+](C)(C)C)cc3)c3ccc2[nH]3)cc1. The minimum absolute atomic E-state index is 0.0291. The first-order valence-electron chi connectivity index (χ1n) is 43.8. The van der Waals surface area contributed by atoms with E-state index in [1.807, 2.05) is 24.3 Å². The maximum Gasteiger partial charge on any atom is 0.267 e. The Kier molecular flexibility index (Phi) is 33.9. The van der Waals surface area contributed by atoms with Gasteiger partial charge in [-0.15, -0.1) is 0 Å². The number of aromatic amines is 4. The second kappa shape index (κ2) is 44.1. The van der Waals surface area contributed by atoms with Gasteiger partial charge in [-0.3, -0.25) is 4.57 Å². The molecule has 9 heterocycles. The van der Waals surface area contributed by atoms with Crippen molar-refractivity contribution in [2.24, 2.45) is 17.8 Å². The van der Waals surface area contributed by atoms with Gasteiger partial charge in [0.2, 0.25) is 0 Å². The van der Waals surface area contributed by atoms with E-state index in [0.29, 0.717) is 0 Å². The van der Waals surface area contributed by atoms with Crippen LogP contribution in [0.5, 0.6) is 0 Å². The van der Waals surface area contributed by atoms with Crippen molar-refractivity contribution in [3.05, 3.63) is 234 Å². The number of aliphatic hydroxyl groups excluding tert-OH is 16. The van der Waals surface area contributed by atoms with Gasteiger partial charge in [-0.25, -0.2) is 0 Å². The summed E-state index contributed by atoms with van der Waals surface area (Å²) in [7, 11) is 14.1. The van der Waals surface area contributed by atoms with Crippen molar-refractivity contribution in [3.63, 3.8) is 0 Å². The molecule has 5 aliphatic heterocycles. The molecular weight excluding hydrogens is 1730 g/mol. The fraction of sp³-hybridized carbons (Fsp3) is 0.527. The van der Waals surface area contributed by atoms with Crippen LogP contribution < -0.4 is 26.3 Å². The van der Waals surface area contributed by atoms with Gasteiger partial charge in [-0.1, -0.05) is 97.1 Å². The first kappa shape index (κ1) is 101. The number of H-pyrrole nitrogens is 4. The Morgan fingerprint density at radius 1 is 0.321 bits per heavy atom. The van der Waals surface area contributed by atoms with Gasteiger partial charge in [-0.2, -0.15) is 0 Å². The summed E-state index contributed by atoms with van der Waals surface area (Å²) in [5, 5.41) is 174. The van der Waals surface area contributed by atoms with Crippen molar-refractivity contribution in [3.8, 4) is 0 Å². The third kappa shape index (κ3) is 25.2. The van der Waals surface area contributed by atoms with Gasteiger partial charge in [0.1, 0.15) is 117 Å². The number of fused-ring (bicyclic) bond motifs is 8. The van der Waals surface area contributed by atoms with Crippen LogP contribution in [0, 0.1) is 17.8 Å². The highest BCUT2D eigenvalue weighted by molar-refractivity contribution is 7.45. The Morgan fingerprint density at radius 3 is 0.847 bits per heavy atom. The summed E-state index contributed by atoms with van der Waals surface area (Å²) in [6.07, 6.45) is -37.4. The van der Waals surface area contributed by atoms with Crippen LogP contribution in [0.15, 0.2) is 146 Å². The molecule has 718 valence electrons. The van der Waals surface area contributed by atoms with Crippen LogP contribution in [0.4, 0.5) is 0 Å². The highest BCUT2D eigenvalue weighted by atomic mass is 31.2. The minimum atomic E-state index is -5.54. The van der Waals surface area contributed by atoms with Crippen LogP contribution in [0.25, 0.3) is 22.3 Å². The standard InChI is InChI=1S/C93H128N7O30P/c1-98(2,3)38-51-10-18-55(19-11-51)74-62-26-28-64(94-62)75(56-20-12-52(13-21-56)39-99(4,5)6)66-30-32-68(96-66)77(69-33-31-67(97-69)76(65-29-27-63(74)95-65)57-22-14-53(15-23-57)40-100(7,8)9)58-24-16-54(17-25-58)45-120-35-34-119-36-37-125-131(117,118)126-50-61(59(46-121-90-86(113)82(109)78(105)70(41-101)127-90)47-122-91-87(114)83(110)79(106)71(42-102)128-91)60(48-123-92-88(115)84(111)80(107)72(43-103)129-92)49-124-93-89(116)85(112)81(108)73(44-104)130-93/h10-33,59-61,70-73,78-97,101-116H,34-50H2,1-9H3/q+2. The molecule has 0 aliphatic carbocycles. The van der Waals surface area contributed by atoms with Gasteiger partial charge in [0.15, 0.2) is 25.2 Å². The summed E-state index contributed by atoms with van der Waals surface area (Å²) in [5.41, 5.74) is 15.8. The number of aromatic nitrogens is 4. The molecule has 4 aromatic carbocycles. The Hall–Kier alpha value is -7.57. The third-order valence-corrected chi connectivity index (χ3v) is 24.8. The lowest BCUT2D eigenvalue weighted by molar-refractivity contribution is -0.884. The Morgan fingerprint density at radius 2 is 0.580 bits per heavy atom. The summed E-state index contributed by atoms with van der Waals surface area (Å²) < 4.78 is 85.7. The van der Waals surface area contributed by atoms with E-state index in [2.05, 4.69) is 205 Å².